The fraction of sp³-hybridized carbons (Fsp3) is 0.875. The summed E-state index contributed by atoms with van der Waals surface area (Å²) >= 11 is 0. The lowest BCUT2D eigenvalue weighted by molar-refractivity contribution is -0.145. The van der Waals surface area contributed by atoms with Gasteiger partial charge >= 0.3 is 0 Å². The van der Waals surface area contributed by atoms with Crippen molar-refractivity contribution in [1.29, 1.82) is 0 Å². The van der Waals surface area contributed by atoms with Crippen LogP contribution in [0, 0.1) is 11.8 Å². The van der Waals surface area contributed by atoms with Crippen LogP contribution in [0.3, 0.4) is 0 Å². The van der Waals surface area contributed by atoms with Crippen LogP contribution in [0.2, 0.25) is 0 Å². The molecule has 1 saturated heterocycles. The number of hydrogen-bond donors (Lipinski definition) is 1. The molecule has 0 aromatic carbocycles. The van der Waals surface area contributed by atoms with Gasteiger partial charge in [-0.05, 0) is 24.7 Å². The van der Waals surface area contributed by atoms with Gasteiger partial charge in [0.25, 0.3) is 0 Å². The van der Waals surface area contributed by atoms with E-state index in [4.69, 9.17) is 0 Å². The minimum absolute atomic E-state index is 0.0133. The lowest BCUT2D eigenvalue weighted by atomic mass is 9.96. The largest absolute Gasteiger partial charge is 0.343 e. The second-order valence-electron chi connectivity index (χ2n) is 6.38. The van der Waals surface area contributed by atoms with Gasteiger partial charge in [0.2, 0.25) is 11.8 Å². The molecule has 20 heavy (non-hydrogen) atoms. The smallest absolute Gasteiger partial charge is 0.245 e. The van der Waals surface area contributed by atoms with E-state index < -0.39 is 0 Å². The molecule has 2 unspecified atom stereocenters. The highest BCUT2D eigenvalue weighted by atomic mass is 16.2. The van der Waals surface area contributed by atoms with Gasteiger partial charge in [0, 0.05) is 6.54 Å². The normalized spacial score (nSPS) is 21.2. The fourth-order valence-corrected chi connectivity index (χ4v) is 2.79. The summed E-state index contributed by atoms with van der Waals surface area (Å²) in [6, 6.07) is -0.320. The van der Waals surface area contributed by atoms with Gasteiger partial charge < -0.3 is 10.2 Å². The van der Waals surface area contributed by atoms with Crippen molar-refractivity contribution in [3.05, 3.63) is 0 Å². The van der Waals surface area contributed by atoms with Crippen molar-refractivity contribution in [1.82, 2.24) is 10.2 Å². The maximum atomic E-state index is 12.4. The molecular weight excluding hydrogens is 252 g/mol. The molecule has 2 amide bonds. The molecule has 1 heterocycles. The quantitative estimate of drug-likeness (QED) is 0.744. The number of carbonyl (C=O) groups excluding carboxylic acids is 2. The zero-order valence-corrected chi connectivity index (χ0v) is 13.4. The van der Waals surface area contributed by atoms with Gasteiger partial charge in [-0.1, -0.05) is 47.0 Å². The number of unbranched alkanes of at least 4 members (excludes halogenated alkanes) is 1. The van der Waals surface area contributed by atoms with Crippen molar-refractivity contribution < 1.29 is 9.59 Å². The van der Waals surface area contributed by atoms with Gasteiger partial charge in [-0.25, -0.2) is 0 Å². The topological polar surface area (TPSA) is 49.4 Å². The van der Waals surface area contributed by atoms with Crippen molar-refractivity contribution >= 4 is 11.8 Å². The molecule has 0 spiro atoms. The average molecular weight is 282 g/mol. The number of carbonyl (C=O) groups is 2. The van der Waals surface area contributed by atoms with Crippen molar-refractivity contribution in [2.45, 2.75) is 65.8 Å². The van der Waals surface area contributed by atoms with Crippen molar-refractivity contribution in [2.24, 2.45) is 11.8 Å². The second-order valence-corrected chi connectivity index (χ2v) is 6.38. The Morgan fingerprint density at radius 2 is 2.00 bits per heavy atom. The Hall–Kier alpha value is -1.06. The SMILES string of the molecule is CCCCC(CC)CN1CC(=O)NC(CC(C)C)C1=O. The zero-order valence-electron chi connectivity index (χ0n) is 13.4. The van der Waals surface area contributed by atoms with Gasteiger partial charge in [-0.3, -0.25) is 9.59 Å². The molecule has 1 aliphatic rings. The number of hydrogen-bond acceptors (Lipinski definition) is 2. The van der Waals surface area contributed by atoms with E-state index in [1.165, 1.54) is 12.8 Å². The Morgan fingerprint density at radius 3 is 2.55 bits per heavy atom. The first-order valence-electron chi connectivity index (χ1n) is 8.06. The van der Waals surface area contributed by atoms with Crippen LogP contribution in [0.4, 0.5) is 0 Å². The van der Waals surface area contributed by atoms with E-state index in [1.807, 2.05) is 0 Å². The first-order chi connectivity index (χ1) is 9.47. The summed E-state index contributed by atoms with van der Waals surface area (Å²) in [5.41, 5.74) is 0. The molecule has 1 aliphatic heterocycles. The van der Waals surface area contributed by atoms with Crippen LogP contribution in [0.1, 0.15) is 59.8 Å². The summed E-state index contributed by atoms with van der Waals surface area (Å²) in [5.74, 6) is 1.02. The third kappa shape index (κ3) is 5.14. The predicted molar refractivity (Wildman–Crippen MR) is 81.3 cm³/mol. The number of amides is 2. The summed E-state index contributed by atoms with van der Waals surface area (Å²) < 4.78 is 0. The maximum Gasteiger partial charge on any atom is 0.245 e. The average Bonchev–Trinajstić information content (AvgIpc) is 2.38. The van der Waals surface area contributed by atoms with Crippen LogP contribution in [0.15, 0.2) is 0 Å². The van der Waals surface area contributed by atoms with Crippen molar-refractivity contribution in [3.8, 4) is 0 Å². The first-order valence-corrected chi connectivity index (χ1v) is 8.06. The monoisotopic (exact) mass is 282 g/mol. The zero-order chi connectivity index (χ0) is 15.1. The van der Waals surface area contributed by atoms with Crippen LogP contribution >= 0.6 is 0 Å². The number of nitrogens with zero attached hydrogens (tertiary/aromatic N) is 1. The van der Waals surface area contributed by atoms with Crippen LogP contribution in [-0.4, -0.2) is 35.8 Å². The van der Waals surface area contributed by atoms with Gasteiger partial charge in [0.1, 0.15) is 6.04 Å². The first kappa shape index (κ1) is 17.0. The summed E-state index contributed by atoms with van der Waals surface area (Å²) in [6.45, 7) is 9.47. The van der Waals surface area contributed by atoms with Crippen LogP contribution in [0.25, 0.3) is 0 Å². The molecule has 0 radical (unpaired) electrons. The van der Waals surface area contributed by atoms with E-state index in [1.54, 1.807) is 4.90 Å². The second kappa shape index (κ2) is 8.28. The molecule has 2 atom stereocenters. The molecule has 1 rings (SSSR count). The molecule has 0 saturated carbocycles. The fourth-order valence-electron chi connectivity index (χ4n) is 2.79. The molecule has 1 N–H and O–H groups in total. The Balaban J connectivity index is 2.62. The van der Waals surface area contributed by atoms with Crippen LogP contribution in [-0.2, 0) is 9.59 Å². The molecule has 0 aromatic rings. The number of piperazine rings is 1. The third-order valence-corrected chi connectivity index (χ3v) is 4.01. The summed E-state index contributed by atoms with van der Waals surface area (Å²) in [4.78, 5) is 26.0. The van der Waals surface area contributed by atoms with Crippen LogP contribution < -0.4 is 5.32 Å². The highest BCUT2D eigenvalue weighted by molar-refractivity contribution is 5.94. The lowest BCUT2D eigenvalue weighted by Crippen LogP contribution is -2.59. The Bertz CT molecular complexity index is 328. The summed E-state index contributed by atoms with van der Waals surface area (Å²) in [6.07, 6.45) is 5.32. The maximum absolute atomic E-state index is 12.4. The summed E-state index contributed by atoms with van der Waals surface area (Å²) in [7, 11) is 0. The molecular formula is C16H30N2O2. The molecule has 4 heteroatoms. The Kier molecular flexibility index (Phi) is 7.03. The standard InChI is InChI=1S/C16H30N2O2/c1-5-7-8-13(6-2)10-18-11-15(19)17-14(16(18)20)9-12(3)4/h12-14H,5-11H2,1-4H3,(H,17,19). The van der Waals surface area contributed by atoms with E-state index in [0.717, 1.165) is 25.8 Å². The van der Waals surface area contributed by atoms with Crippen molar-refractivity contribution in [3.63, 3.8) is 0 Å². The molecule has 4 nitrogen and oxygen atoms in total. The highest BCUT2D eigenvalue weighted by Gasteiger charge is 2.33. The van der Waals surface area contributed by atoms with Gasteiger partial charge in [0.05, 0.1) is 6.54 Å². The molecule has 0 aliphatic carbocycles. The van der Waals surface area contributed by atoms with Gasteiger partial charge in [-0.2, -0.15) is 0 Å². The minimum atomic E-state index is -0.320. The van der Waals surface area contributed by atoms with E-state index in [9.17, 15) is 9.59 Å². The van der Waals surface area contributed by atoms with Crippen LogP contribution in [0.5, 0.6) is 0 Å². The van der Waals surface area contributed by atoms with Gasteiger partial charge in [0.15, 0.2) is 0 Å². The van der Waals surface area contributed by atoms with Crippen molar-refractivity contribution in [2.75, 3.05) is 13.1 Å². The highest BCUT2D eigenvalue weighted by Crippen LogP contribution is 2.18. The molecule has 0 bridgehead atoms. The number of nitrogens with one attached hydrogen (secondary N) is 1. The molecule has 116 valence electrons. The third-order valence-electron chi connectivity index (χ3n) is 4.01. The number of rotatable bonds is 8. The Labute approximate surface area is 123 Å². The van der Waals surface area contributed by atoms with Gasteiger partial charge in [-0.15, -0.1) is 0 Å². The van der Waals surface area contributed by atoms with E-state index in [0.29, 0.717) is 11.8 Å². The van der Waals surface area contributed by atoms with E-state index >= 15 is 0 Å². The summed E-state index contributed by atoms with van der Waals surface area (Å²) in [5, 5.41) is 2.83. The molecule has 1 fully saturated rings. The van der Waals surface area contributed by atoms with E-state index in [-0.39, 0.29) is 24.4 Å². The predicted octanol–water partition coefficient (Wildman–Crippen LogP) is 2.58. The lowest BCUT2D eigenvalue weighted by Gasteiger charge is -2.35. The minimum Gasteiger partial charge on any atom is -0.343 e. The Morgan fingerprint density at radius 1 is 1.30 bits per heavy atom. The van der Waals surface area contributed by atoms with E-state index in [2.05, 4.69) is 33.0 Å². The molecule has 0 aromatic heterocycles.